The molecule has 0 aromatic heterocycles. The maximum Gasteiger partial charge on any atom is 0.332 e. The number of urea groups is 1. The number of ether oxygens (including phenoxy) is 1. The van der Waals surface area contributed by atoms with Crippen molar-refractivity contribution in [2.75, 3.05) is 11.9 Å². The van der Waals surface area contributed by atoms with Gasteiger partial charge in [-0.25, -0.2) is 9.59 Å². The fourth-order valence-electron chi connectivity index (χ4n) is 2.09. The Kier molecular flexibility index (Phi) is 5.03. The summed E-state index contributed by atoms with van der Waals surface area (Å²) in [5, 5.41) is 14.7. The first-order chi connectivity index (χ1) is 9.95. The van der Waals surface area contributed by atoms with E-state index < -0.39 is 12.1 Å². The van der Waals surface area contributed by atoms with Gasteiger partial charge in [0.05, 0.1) is 6.10 Å². The number of hydrogen-bond acceptors (Lipinski definition) is 3. The predicted molar refractivity (Wildman–Crippen MR) is 78.7 cm³/mol. The van der Waals surface area contributed by atoms with E-state index in [1.807, 2.05) is 13.0 Å². The molecule has 0 aliphatic carbocycles. The second-order valence-corrected chi connectivity index (χ2v) is 5.37. The Bertz CT molecular complexity index is 550. The third-order valence-electron chi connectivity index (χ3n) is 3.30. The molecule has 1 heterocycles. The van der Waals surface area contributed by atoms with Crippen LogP contribution in [0.15, 0.2) is 18.2 Å². The molecular weight excluding hydrogens is 296 g/mol. The van der Waals surface area contributed by atoms with Gasteiger partial charge in [-0.3, -0.25) is 0 Å². The monoisotopic (exact) mass is 312 g/mol. The van der Waals surface area contributed by atoms with E-state index >= 15 is 0 Å². The van der Waals surface area contributed by atoms with Crippen molar-refractivity contribution in [1.29, 1.82) is 0 Å². The minimum absolute atomic E-state index is 0.265. The Morgan fingerprint density at radius 3 is 2.81 bits per heavy atom. The Morgan fingerprint density at radius 1 is 1.43 bits per heavy atom. The zero-order valence-electron chi connectivity index (χ0n) is 11.6. The maximum atomic E-state index is 11.7. The van der Waals surface area contributed by atoms with Crippen LogP contribution < -0.4 is 10.6 Å². The summed E-state index contributed by atoms with van der Waals surface area (Å²) in [4.78, 5) is 22.5. The molecule has 2 atom stereocenters. The molecule has 0 saturated carbocycles. The first-order valence-corrected chi connectivity index (χ1v) is 7.03. The zero-order valence-corrected chi connectivity index (χ0v) is 12.3. The van der Waals surface area contributed by atoms with Crippen LogP contribution in [0.5, 0.6) is 0 Å². The number of aryl methyl sites for hydroxylation is 1. The summed E-state index contributed by atoms with van der Waals surface area (Å²) in [6, 6.07) is 4.86. The van der Waals surface area contributed by atoms with Crippen LogP contribution in [0.1, 0.15) is 18.4 Å². The Balaban J connectivity index is 1.77. The average molecular weight is 313 g/mol. The molecule has 1 aromatic carbocycles. The summed E-state index contributed by atoms with van der Waals surface area (Å²) in [5.74, 6) is -0.962. The number of aliphatic carboxylic acids is 1. The van der Waals surface area contributed by atoms with E-state index in [0.29, 0.717) is 23.6 Å². The number of carboxylic acids is 1. The molecule has 1 aromatic rings. The lowest BCUT2D eigenvalue weighted by atomic mass is 10.2. The second kappa shape index (κ2) is 6.78. The quantitative estimate of drug-likeness (QED) is 0.796. The molecule has 3 N–H and O–H groups in total. The highest BCUT2D eigenvalue weighted by atomic mass is 35.5. The second-order valence-electron chi connectivity index (χ2n) is 4.96. The maximum absolute atomic E-state index is 11.7. The van der Waals surface area contributed by atoms with E-state index in [0.717, 1.165) is 5.56 Å². The number of anilines is 1. The van der Waals surface area contributed by atoms with Crippen LogP contribution in [-0.4, -0.2) is 35.9 Å². The predicted octanol–water partition coefficient (Wildman–Crippen LogP) is 2.40. The normalized spacial score (nSPS) is 21.0. The first kappa shape index (κ1) is 15.6. The van der Waals surface area contributed by atoms with Crippen molar-refractivity contribution in [2.24, 2.45) is 0 Å². The summed E-state index contributed by atoms with van der Waals surface area (Å²) < 4.78 is 5.30. The molecule has 1 aliphatic heterocycles. The van der Waals surface area contributed by atoms with Crippen molar-refractivity contribution in [3.05, 3.63) is 28.8 Å². The number of carboxylic acid groups (broad SMARTS) is 1. The average Bonchev–Trinajstić information content (AvgIpc) is 2.90. The Morgan fingerprint density at radius 2 is 2.19 bits per heavy atom. The van der Waals surface area contributed by atoms with Gasteiger partial charge in [0.25, 0.3) is 0 Å². The Hall–Kier alpha value is -1.79. The molecule has 0 spiro atoms. The molecule has 0 bridgehead atoms. The van der Waals surface area contributed by atoms with E-state index in [-0.39, 0.29) is 18.7 Å². The van der Waals surface area contributed by atoms with Crippen molar-refractivity contribution < 1.29 is 19.4 Å². The summed E-state index contributed by atoms with van der Waals surface area (Å²) in [6.45, 7) is 2.15. The van der Waals surface area contributed by atoms with Crippen LogP contribution in [0.25, 0.3) is 0 Å². The molecule has 0 radical (unpaired) electrons. The summed E-state index contributed by atoms with van der Waals surface area (Å²) in [6.07, 6.45) is 0.0546. The summed E-state index contributed by atoms with van der Waals surface area (Å²) in [5.41, 5.74) is 1.53. The van der Waals surface area contributed by atoms with Gasteiger partial charge in [-0.2, -0.15) is 0 Å². The van der Waals surface area contributed by atoms with Gasteiger partial charge in [0.15, 0.2) is 6.10 Å². The van der Waals surface area contributed by atoms with Crippen LogP contribution in [0.2, 0.25) is 5.02 Å². The van der Waals surface area contributed by atoms with Crippen molar-refractivity contribution in [3.8, 4) is 0 Å². The molecule has 1 fully saturated rings. The molecule has 2 amide bonds. The molecule has 2 unspecified atom stereocenters. The number of nitrogens with one attached hydrogen (secondary N) is 2. The topological polar surface area (TPSA) is 87.7 Å². The number of benzene rings is 1. The molecule has 7 heteroatoms. The molecule has 114 valence electrons. The number of carbonyl (C=O) groups excluding carboxylic acids is 1. The van der Waals surface area contributed by atoms with E-state index in [9.17, 15) is 9.59 Å². The number of carbonyl (C=O) groups is 2. The lowest BCUT2D eigenvalue weighted by molar-refractivity contribution is -0.149. The zero-order chi connectivity index (χ0) is 15.4. The highest BCUT2D eigenvalue weighted by Gasteiger charge is 2.30. The van der Waals surface area contributed by atoms with Crippen LogP contribution >= 0.6 is 11.6 Å². The van der Waals surface area contributed by atoms with Gasteiger partial charge in [0.1, 0.15) is 0 Å². The fraction of sp³-hybridized carbons (Fsp3) is 0.429. The van der Waals surface area contributed by atoms with Crippen molar-refractivity contribution in [1.82, 2.24) is 5.32 Å². The van der Waals surface area contributed by atoms with Crippen LogP contribution in [0.3, 0.4) is 0 Å². The largest absolute Gasteiger partial charge is 0.479 e. The van der Waals surface area contributed by atoms with Gasteiger partial charge in [-0.15, -0.1) is 0 Å². The molecule has 1 saturated heterocycles. The minimum atomic E-state index is -0.962. The molecule has 2 rings (SSSR count). The van der Waals surface area contributed by atoms with Gasteiger partial charge in [-0.1, -0.05) is 17.7 Å². The van der Waals surface area contributed by atoms with Crippen molar-refractivity contribution in [2.45, 2.75) is 32.0 Å². The van der Waals surface area contributed by atoms with Gasteiger partial charge in [0, 0.05) is 17.3 Å². The fourth-order valence-corrected chi connectivity index (χ4v) is 2.27. The van der Waals surface area contributed by atoms with E-state index in [1.165, 1.54) is 0 Å². The third-order valence-corrected chi connectivity index (χ3v) is 3.71. The smallest absolute Gasteiger partial charge is 0.332 e. The Labute approximate surface area is 127 Å². The van der Waals surface area contributed by atoms with Crippen LogP contribution in [0.4, 0.5) is 10.5 Å². The number of rotatable bonds is 4. The summed E-state index contributed by atoms with van der Waals surface area (Å²) in [7, 11) is 0. The van der Waals surface area contributed by atoms with Crippen molar-refractivity contribution in [3.63, 3.8) is 0 Å². The lowest BCUT2D eigenvalue weighted by Gasteiger charge is -2.13. The van der Waals surface area contributed by atoms with Crippen LogP contribution in [-0.2, 0) is 9.53 Å². The minimum Gasteiger partial charge on any atom is -0.479 e. The van der Waals surface area contributed by atoms with Gasteiger partial charge in [-0.05, 0) is 37.5 Å². The van der Waals surface area contributed by atoms with Gasteiger partial charge in [0.2, 0.25) is 0 Å². The van der Waals surface area contributed by atoms with E-state index in [2.05, 4.69) is 10.6 Å². The molecule has 6 nitrogen and oxygen atoms in total. The number of amides is 2. The third kappa shape index (κ3) is 4.34. The molecule has 21 heavy (non-hydrogen) atoms. The SMILES string of the molecule is Cc1ccc(NC(=O)NCC2CCC(C(=O)O)O2)cc1Cl. The highest BCUT2D eigenvalue weighted by molar-refractivity contribution is 6.31. The van der Waals surface area contributed by atoms with Crippen LogP contribution in [0, 0.1) is 6.92 Å². The van der Waals surface area contributed by atoms with Gasteiger partial charge >= 0.3 is 12.0 Å². The summed E-state index contributed by atoms with van der Waals surface area (Å²) >= 11 is 5.98. The standard InChI is InChI=1S/C14H17ClN2O4/c1-8-2-3-9(6-11(8)15)17-14(20)16-7-10-4-5-12(21-10)13(18)19/h2-3,6,10,12H,4-5,7H2,1H3,(H,18,19)(H2,16,17,20). The number of hydrogen-bond donors (Lipinski definition) is 3. The first-order valence-electron chi connectivity index (χ1n) is 6.65. The van der Waals surface area contributed by atoms with E-state index in [4.69, 9.17) is 21.4 Å². The van der Waals surface area contributed by atoms with E-state index in [1.54, 1.807) is 12.1 Å². The number of halogens is 1. The highest BCUT2D eigenvalue weighted by Crippen LogP contribution is 2.20. The lowest BCUT2D eigenvalue weighted by Crippen LogP contribution is -2.35. The van der Waals surface area contributed by atoms with Crippen molar-refractivity contribution >= 4 is 29.3 Å². The molecule has 1 aliphatic rings. The van der Waals surface area contributed by atoms with Gasteiger partial charge < -0.3 is 20.5 Å². The molecular formula is C14H17ClN2O4.